The van der Waals surface area contributed by atoms with E-state index in [4.69, 9.17) is 12.6 Å². The molecule has 17 heavy (non-hydrogen) atoms. The Morgan fingerprint density at radius 3 is 2.59 bits per heavy atom. The number of benzene rings is 1. The van der Waals surface area contributed by atoms with Gasteiger partial charge in [0.15, 0.2) is 0 Å². The summed E-state index contributed by atoms with van der Waals surface area (Å²) >= 11 is 4.78. The van der Waals surface area contributed by atoms with Crippen molar-refractivity contribution in [2.75, 3.05) is 0 Å². The summed E-state index contributed by atoms with van der Waals surface area (Å²) in [5, 5.41) is 4.21. The van der Waals surface area contributed by atoms with Crippen molar-refractivity contribution in [1.82, 2.24) is 5.32 Å². The van der Waals surface area contributed by atoms with Gasteiger partial charge in [0.2, 0.25) is 0 Å². The summed E-state index contributed by atoms with van der Waals surface area (Å²) in [5.74, 6) is 0.698. The molecular weight excluding hydrogens is 226 g/mol. The maximum absolute atomic E-state index is 4.78. The first kappa shape index (κ1) is 10.5. The maximum atomic E-state index is 4.78. The quantitative estimate of drug-likeness (QED) is 0.664. The summed E-state index contributed by atoms with van der Waals surface area (Å²) in [5.41, 5.74) is 6.25. The van der Waals surface area contributed by atoms with Crippen molar-refractivity contribution in [3.8, 4) is 0 Å². The number of rotatable bonds is 0. The van der Waals surface area contributed by atoms with Crippen LogP contribution in [0.3, 0.4) is 0 Å². The monoisotopic (exact) mass is 245 g/mol. The topological polar surface area (TPSA) is 12.0 Å². The average molecular weight is 245 g/mol. The fourth-order valence-electron chi connectivity index (χ4n) is 3.94. The lowest BCUT2D eigenvalue weighted by Crippen LogP contribution is -2.22. The molecule has 1 N–H and O–H groups in total. The van der Waals surface area contributed by atoms with Crippen molar-refractivity contribution in [1.29, 1.82) is 0 Å². The van der Waals surface area contributed by atoms with Gasteiger partial charge in [-0.15, -0.1) is 0 Å². The molecule has 1 fully saturated rings. The molecule has 1 saturated heterocycles. The van der Waals surface area contributed by atoms with Crippen LogP contribution in [-0.4, -0.2) is 0 Å². The highest BCUT2D eigenvalue weighted by Crippen LogP contribution is 2.48. The molecule has 0 aromatic heterocycles. The number of piperidine rings is 1. The van der Waals surface area contributed by atoms with Crippen LogP contribution in [0.5, 0.6) is 0 Å². The highest BCUT2D eigenvalue weighted by molar-refractivity contribution is 7.80. The molecule has 2 heteroatoms. The molecule has 1 aliphatic carbocycles. The van der Waals surface area contributed by atoms with Gasteiger partial charge in [0.1, 0.15) is 0 Å². The molecule has 1 aromatic rings. The van der Waals surface area contributed by atoms with Crippen LogP contribution in [0, 0.1) is 5.92 Å². The fourth-order valence-corrected chi connectivity index (χ4v) is 4.29. The number of fused-ring (bicyclic) bond motifs is 6. The Morgan fingerprint density at radius 1 is 1.12 bits per heavy atom. The van der Waals surface area contributed by atoms with Gasteiger partial charge in [0.05, 0.1) is 0 Å². The molecule has 3 aliphatic rings. The zero-order valence-electron chi connectivity index (χ0n) is 10.2. The van der Waals surface area contributed by atoms with Gasteiger partial charge in [-0.05, 0) is 53.9 Å². The predicted molar refractivity (Wildman–Crippen MR) is 73.5 cm³/mol. The summed E-state index contributed by atoms with van der Waals surface area (Å²) in [6, 6.07) is 6.23. The lowest BCUT2D eigenvalue weighted by molar-refractivity contribution is 0.370. The number of thiol groups is 1. The van der Waals surface area contributed by atoms with E-state index in [1.807, 2.05) is 0 Å². The minimum Gasteiger partial charge on any atom is -0.303 e. The third-order valence-electron chi connectivity index (χ3n) is 4.88. The smallest absolute Gasteiger partial charge is 0.0329 e. The van der Waals surface area contributed by atoms with Crippen LogP contribution in [0.1, 0.15) is 65.8 Å². The molecule has 2 bridgehead atoms. The zero-order valence-corrected chi connectivity index (χ0v) is 11.1. The van der Waals surface area contributed by atoms with Crippen molar-refractivity contribution < 1.29 is 0 Å². The largest absolute Gasteiger partial charge is 0.303 e. The Morgan fingerprint density at radius 2 is 1.82 bits per heavy atom. The lowest BCUT2D eigenvalue weighted by Gasteiger charge is -2.20. The molecule has 0 radical (unpaired) electrons. The van der Waals surface area contributed by atoms with Gasteiger partial charge < -0.3 is 5.32 Å². The van der Waals surface area contributed by atoms with Gasteiger partial charge in [-0.2, -0.15) is 12.6 Å². The van der Waals surface area contributed by atoms with Gasteiger partial charge in [0, 0.05) is 17.3 Å². The van der Waals surface area contributed by atoms with Crippen molar-refractivity contribution in [2.24, 2.45) is 5.92 Å². The van der Waals surface area contributed by atoms with Crippen LogP contribution in [0.2, 0.25) is 0 Å². The van der Waals surface area contributed by atoms with Crippen molar-refractivity contribution in [3.05, 3.63) is 34.4 Å². The van der Waals surface area contributed by atoms with Crippen LogP contribution in [0.15, 0.2) is 12.1 Å². The van der Waals surface area contributed by atoms with E-state index in [9.17, 15) is 0 Å². The molecule has 1 nitrogen and oxygen atoms in total. The molecule has 2 aliphatic heterocycles. The Hall–Kier alpha value is -0.470. The number of nitrogens with one attached hydrogen (secondary N) is 1. The molecule has 90 valence electrons. The van der Waals surface area contributed by atoms with E-state index in [0.717, 1.165) is 0 Å². The van der Waals surface area contributed by atoms with E-state index in [0.29, 0.717) is 23.3 Å². The third-order valence-corrected chi connectivity index (χ3v) is 5.67. The minimum atomic E-state index is 0.454. The van der Waals surface area contributed by atoms with Gasteiger partial charge in [0.25, 0.3) is 0 Å². The van der Waals surface area contributed by atoms with Gasteiger partial charge >= 0.3 is 0 Å². The van der Waals surface area contributed by atoms with E-state index >= 15 is 0 Å². The van der Waals surface area contributed by atoms with E-state index in [2.05, 4.69) is 24.4 Å². The first-order valence-electron chi connectivity index (χ1n) is 6.85. The minimum absolute atomic E-state index is 0.454. The molecule has 2 heterocycles. The second kappa shape index (κ2) is 3.52. The van der Waals surface area contributed by atoms with Crippen LogP contribution >= 0.6 is 12.6 Å². The molecular formula is C15H19NS. The van der Waals surface area contributed by atoms with Crippen LogP contribution in [0.4, 0.5) is 0 Å². The van der Waals surface area contributed by atoms with Crippen molar-refractivity contribution in [2.45, 2.75) is 49.9 Å². The Labute approximate surface area is 108 Å². The van der Waals surface area contributed by atoms with E-state index in [1.54, 1.807) is 16.7 Å². The molecule has 0 spiro atoms. The molecule has 4 atom stereocenters. The molecule has 4 rings (SSSR count). The second-order valence-electron chi connectivity index (χ2n) is 6.01. The Balaban J connectivity index is 1.87. The van der Waals surface area contributed by atoms with Gasteiger partial charge in [-0.1, -0.05) is 19.1 Å². The summed E-state index contributed by atoms with van der Waals surface area (Å²) in [6.07, 6.45) is 5.23. The molecule has 0 saturated carbocycles. The van der Waals surface area contributed by atoms with E-state index in [-0.39, 0.29) is 0 Å². The van der Waals surface area contributed by atoms with Gasteiger partial charge in [-0.25, -0.2) is 0 Å². The summed E-state index contributed by atoms with van der Waals surface area (Å²) in [6.45, 7) is 2.32. The number of hydrogen-bond acceptors (Lipinski definition) is 2. The predicted octanol–water partition coefficient (Wildman–Crippen LogP) is 3.72. The van der Waals surface area contributed by atoms with Gasteiger partial charge in [-0.3, -0.25) is 0 Å². The first-order chi connectivity index (χ1) is 8.24. The molecule has 4 unspecified atom stereocenters. The standard InChI is InChI=1S/C15H19NS/c1-8-5-9-6-11-12(7-10(9)15(8)17)14-4-2-3-13(11)16-14/h6-8,13-17H,2-5H2,1H3. The Kier molecular flexibility index (Phi) is 2.16. The molecule has 0 amide bonds. The third kappa shape index (κ3) is 1.37. The Bertz CT molecular complexity index is 482. The SMILES string of the molecule is CC1Cc2cc3c(cc2C1S)C1CCCC3N1. The highest BCUT2D eigenvalue weighted by Gasteiger charge is 2.36. The highest BCUT2D eigenvalue weighted by atomic mass is 32.1. The van der Waals surface area contributed by atoms with Crippen molar-refractivity contribution in [3.63, 3.8) is 0 Å². The van der Waals surface area contributed by atoms with Crippen LogP contribution < -0.4 is 5.32 Å². The first-order valence-corrected chi connectivity index (χ1v) is 7.36. The maximum Gasteiger partial charge on any atom is 0.0329 e. The summed E-state index contributed by atoms with van der Waals surface area (Å²) in [4.78, 5) is 0. The van der Waals surface area contributed by atoms with Crippen LogP contribution in [-0.2, 0) is 6.42 Å². The van der Waals surface area contributed by atoms with Crippen molar-refractivity contribution >= 4 is 12.6 Å². The fraction of sp³-hybridized carbons (Fsp3) is 0.600. The number of hydrogen-bond donors (Lipinski definition) is 2. The zero-order chi connectivity index (χ0) is 11.6. The average Bonchev–Trinajstić information content (AvgIpc) is 2.75. The van der Waals surface area contributed by atoms with Crippen LogP contribution in [0.25, 0.3) is 0 Å². The second-order valence-corrected chi connectivity index (χ2v) is 6.57. The van der Waals surface area contributed by atoms with E-state index in [1.165, 1.54) is 31.2 Å². The lowest BCUT2D eigenvalue weighted by atomic mass is 9.97. The normalized spacial score (nSPS) is 38.0. The summed E-state index contributed by atoms with van der Waals surface area (Å²) < 4.78 is 0. The van der Waals surface area contributed by atoms with E-state index < -0.39 is 0 Å². The summed E-state index contributed by atoms with van der Waals surface area (Å²) in [7, 11) is 0. The molecule has 1 aromatic carbocycles.